The third-order valence-electron chi connectivity index (χ3n) is 3.71. The van der Waals surface area contributed by atoms with Crippen LogP contribution >= 0.6 is 35.3 Å². The van der Waals surface area contributed by atoms with Crippen molar-refractivity contribution < 1.29 is 17.6 Å². The van der Waals surface area contributed by atoms with Crippen LogP contribution < -0.4 is 10.6 Å². The van der Waals surface area contributed by atoms with E-state index in [0.717, 1.165) is 22.3 Å². The minimum atomic E-state index is -4.43. The number of hydrogen-bond donors (Lipinski definition) is 2. The van der Waals surface area contributed by atoms with Gasteiger partial charge in [0, 0.05) is 31.6 Å². The maximum absolute atomic E-state index is 12.9. The van der Waals surface area contributed by atoms with Gasteiger partial charge in [-0.2, -0.15) is 13.2 Å². The zero-order valence-corrected chi connectivity index (χ0v) is 19.2. The Labute approximate surface area is 188 Å². The molecule has 29 heavy (non-hydrogen) atoms. The summed E-state index contributed by atoms with van der Waals surface area (Å²) in [7, 11) is 1.95. The molecule has 2 aromatic rings. The molecule has 0 radical (unpaired) electrons. The highest BCUT2D eigenvalue weighted by atomic mass is 127. The molecule has 0 saturated heterocycles. The number of nitrogens with one attached hydrogen (secondary N) is 2. The second kappa shape index (κ2) is 12.3. The third kappa shape index (κ3) is 9.26. The molecule has 162 valence electrons. The van der Waals surface area contributed by atoms with Crippen LogP contribution in [0, 0.1) is 5.82 Å². The van der Waals surface area contributed by atoms with Crippen LogP contribution in [0.15, 0.2) is 34.6 Å². The third-order valence-corrected chi connectivity index (χ3v) is 4.54. The molecule has 2 N–H and O–H groups in total. The Hall–Kier alpha value is -1.47. The lowest BCUT2D eigenvalue weighted by atomic mass is 10.2. The van der Waals surface area contributed by atoms with E-state index in [9.17, 15) is 17.6 Å². The molecule has 0 unspecified atom stereocenters. The number of nitrogens with zero attached hydrogens (tertiary/aromatic N) is 3. The van der Waals surface area contributed by atoms with Gasteiger partial charge in [0.15, 0.2) is 11.7 Å². The molecule has 0 aliphatic rings. The molecule has 2 rings (SSSR count). The Morgan fingerprint density at radius 2 is 1.90 bits per heavy atom. The Morgan fingerprint density at radius 3 is 2.48 bits per heavy atom. The Kier molecular flexibility index (Phi) is 10.8. The molecular formula is C18H24F4IN5S. The molecule has 0 atom stereocenters. The number of aliphatic imine (C=N–C) groups is 1. The molecule has 11 heteroatoms. The highest BCUT2D eigenvalue weighted by Gasteiger charge is 2.33. The predicted octanol–water partition coefficient (Wildman–Crippen LogP) is 4.11. The molecule has 5 nitrogen and oxygen atoms in total. The van der Waals surface area contributed by atoms with Gasteiger partial charge < -0.3 is 15.5 Å². The predicted molar refractivity (Wildman–Crippen MR) is 118 cm³/mol. The lowest BCUT2D eigenvalue weighted by molar-refractivity contribution is -0.140. The number of guanidine groups is 1. The average molecular weight is 545 g/mol. The minimum Gasteiger partial charge on any atom is -0.357 e. The van der Waals surface area contributed by atoms with Gasteiger partial charge >= 0.3 is 6.18 Å². The smallest absolute Gasteiger partial charge is 0.357 e. The molecule has 0 saturated carbocycles. The van der Waals surface area contributed by atoms with Crippen molar-refractivity contribution in [3.05, 3.63) is 51.7 Å². The van der Waals surface area contributed by atoms with Crippen molar-refractivity contribution in [2.24, 2.45) is 4.99 Å². The standard InChI is InChI=1S/C18H23F4N5S.HI/c1-3-23-17(25-10-16-26-15(12-28-16)18(20,21)22)24-8-9-27(2)11-13-4-6-14(19)7-5-13;/h4-7,12H,3,8-11H2,1-2H3,(H2,23,24,25);1H. The van der Waals surface area contributed by atoms with Crippen LogP contribution in [0.5, 0.6) is 0 Å². The van der Waals surface area contributed by atoms with Crippen LogP contribution in [-0.2, 0) is 19.3 Å². The zero-order valence-electron chi connectivity index (χ0n) is 16.1. The summed E-state index contributed by atoms with van der Waals surface area (Å²) in [5.74, 6) is 0.253. The van der Waals surface area contributed by atoms with Crippen LogP contribution in [-0.4, -0.2) is 42.5 Å². The second-order valence-electron chi connectivity index (χ2n) is 6.11. The number of halogens is 5. The number of thiazole rings is 1. The van der Waals surface area contributed by atoms with Crippen LogP contribution in [0.1, 0.15) is 23.2 Å². The molecule has 0 fully saturated rings. The van der Waals surface area contributed by atoms with Gasteiger partial charge in [-0.1, -0.05) is 12.1 Å². The van der Waals surface area contributed by atoms with Crippen molar-refractivity contribution >= 4 is 41.3 Å². The van der Waals surface area contributed by atoms with Crippen LogP contribution in [0.2, 0.25) is 0 Å². The van der Waals surface area contributed by atoms with E-state index in [-0.39, 0.29) is 36.3 Å². The maximum atomic E-state index is 12.9. The highest BCUT2D eigenvalue weighted by molar-refractivity contribution is 14.0. The summed E-state index contributed by atoms with van der Waals surface area (Å²) in [6.45, 7) is 4.58. The summed E-state index contributed by atoms with van der Waals surface area (Å²) in [6.07, 6.45) is -4.43. The van der Waals surface area contributed by atoms with Gasteiger partial charge in [0.1, 0.15) is 10.8 Å². The van der Waals surface area contributed by atoms with E-state index in [1.165, 1.54) is 12.1 Å². The summed E-state index contributed by atoms with van der Waals surface area (Å²) in [5, 5.41) is 7.50. The molecule has 1 aromatic carbocycles. The van der Waals surface area contributed by atoms with Crippen LogP contribution in [0.25, 0.3) is 0 Å². The van der Waals surface area contributed by atoms with Gasteiger partial charge in [0.25, 0.3) is 0 Å². The molecular weight excluding hydrogens is 521 g/mol. The van der Waals surface area contributed by atoms with Crippen molar-refractivity contribution in [1.29, 1.82) is 0 Å². The van der Waals surface area contributed by atoms with Gasteiger partial charge in [-0.05, 0) is 31.7 Å². The van der Waals surface area contributed by atoms with E-state index in [1.807, 2.05) is 14.0 Å². The van der Waals surface area contributed by atoms with Gasteiger partial charge in [0.05, 0.1) is 6.54 Å². The van der Waals surface area contributed by atoms with Gasteiger partial charge in [-0.15, -0.1) is 35.3 Å². The largest absolute Gasteiger partial charge is 0.434 e. The fourth-order valence-corrected chi connectivity index (χ4v) is 3.07. The van der Waals surface area contributed by atoms with Gasteiger partial charge in [-0.25, -0.2) is 14.4 Å². The Morgan fingerprint density at radius 1 is 1.21 bits per heavy atom. The summed E-state index contributed by atoms with van der Waals surface area (Å²) in [4.78, 5) is 9.93. The number of likely N-dealkylation sites (N-methyl/N-ethyl adjacent to an activating group) is 1. The lowest BCUT2D eigenvalue weighted by Gasteiger charge is -2.18. The Balaban J connectivity index is 0.00000420. The molecule has 0 aliphatic carbocycles. The van der Waals surface area contributed by atoms with E-state index in [4.69, 9.17) is 0 Å². The van der Waals surface area contributed by atoms with E-state index in [1.54, 1.807) is 12.1 Å². The molecule has 1 aromatic heterocycles. The van der Waals surface area contributed by atoms with Crippen molar-refractivity contribution in [3.63, 3.8) is 0 Å². The highest BCUT2D eigenvalue weighted by Crippen LogP contribution is 2.30. The van der Waals surface area contributed by atoms with Crippen molar-refractivity contribution in [1.82, 2.24) is 20.5 Å². The summed E-state index contributed by atoms with van der Waals surface area (Å²) >= 11 is 0.939. The van der Waals surface area contributed by atoms with E-state index < -0.39 is 11.9 Å². The lowest BCUT2D eigenvalue weighted by Crippen LogP contribution is -2.40. The van der Waals surface area contributed by atoms with E-state index in [0.29, 0.717) is 37.1 Å². The number of benzene rings is 1. The fraction of sp³-hybridized carbons (Fsp3) is 0.444. The Bertz CT molecular complexity index is 764. The summed E-state index contributed by atoms with van der Waals surface area (Å²) in [5.41, 5.74) is 0.122. The SMILES string of the molecule is CCNC(=NCc1nc(C(F)(F)F)cs1)NCCN(C)Cc1ccc(F)cc1.I. The molecule has 0 bridgehead atoms. The summed E-state index contributed by atoms with van der Waals surface area (Å²) in [6, 6.07) is 6.35. The zero-order chi connectivity index (χ0) is 20.6. The second-order valence-corrected chi connectivity index (χ2v) is 7.05. The minimum absolute atomic E-state index is 0. The quantitative estimate of drug-likeness (QED) is 0.227. The summed E-state index contributed by atoms with van der Waals surface area (Å²) < 4.78 is 50.7. The van der Waals surface area contributed by atoms with E-state index >= 15 is 0 Å². The first kappa shape index (κ1) is 25.6. The van der Waals surface area contributed by atoms with Crippen LogP contribution in [0.3, 0.4) is 0 Å². The van der Waals surface area contributed by atoms with Gasteiger partial charge in [0.2, 0.25) is 0 Å². The first-order valence-electron chi connectivity index (χ1n) is 8.74. The molecule has 0 amide bonds. The molecule has 0 aliphatic heterocycles. The normalized spacial score (nSPS) is 12.0. The number of aromatic nitrogens is 1. The van der Waals surface area contributed by atoms with Crippen LogP contribution in [0.4, 0.5) is 17.6 Å². The molecule has 1 heterocycles. The van der Waals surface area contributed by atoms with Gasteiger partial charge in [-0.3, -0.25) is 0 Å². The average Bonchev–Trinajstić information content (AvgIpc) is 3.11. The fourth-order valence-electron chi connectivity index (χ4n) is 2.35. The molecule has 0 spiro atoms. The number of rotatable bonds is 8. The first-order chi connectivity index (χ1) is 13.3. The topological polar surface area (TPSA) is 52.6 Å². The monoisotopic (exact) mass is 545 g/mol. The number of hydrogen-bond acceptors (Lipinski definition) is 4. The van der Waals surface area contributed by atoms with E-state index in [2.05, 4.69) is 25.5 Å². The van der Waals surface area contributed by atoms with Crippen molar-refractivity contribution in [2.75, 3.05) is 26.7 Å². The first-order valence-corrected chi connectivity index (χ1v) is 9.62. The number of alkyl halides is 3. The van der Waals surface area contributed by atoms with Crippen molar-refractivity contribution in [3.8, 4) is 0 Å². The maximum Gasteiger partial charge on any atom is 0.434 e. The van der Waals surface area contributed by atoms with Crippen molar-refractivity contribution in [2.45, 2.75) is 26.2 Å².